The minimum atomic E-state index is -0.294. The summed E-state index contributed by atoms with van der Waals surface area (Å²) in [6.45, 7) is 2.22. The van der Waals surface area contributed by atoms with Crippen LogP contribution in [0.1, 0.15) is 53.2 Å². The average Bonchev–Trinajstić information content (AvgIpc) is 3.01. The first-order valence-electron chi connectivity index (χ1n) is 12.4. The Bertz CT molecular complexity index is 1340. The Kier molecular flexibility index (Phi) is 5.57. The van der Waals surface area contributed by atoms with Gasteiger partial charge in [-0.1, -0.05) is 92.9 Å². The molecule has 1 heterocycles. The topological polar surface area (TPSA) is 26.0 Å². The maximum Gasteiger partial charge on any atom is 0.0194 e. The van der Waals surface area contributed by atoms with E-state index in [0.29, 0.717) is 11.6 Å². The van der Waals surface area contributed by atoms with Crippen LogP contribution < -0.4 is 16.2 Å². The molecule has 3 aliphatic rings. The van der Waals surface area contributed by atoms with Crippen molar-refractivity contribution in [2.75, 3.05) is 6.16 Å². The third-order valence-electron chi connectivity index (χ3n) is 7.71. The first-order valence-corrected chi connectivity index (χ1v) is 14.1. The van der Waals surface area contributed by atoms with Gasteiger partial charge >= 0.3 is 0 Å². The van der Waals surface area contributed by atoms with E-state index in [1.54, 1.807) is 22.3 Å². The van der Waals surface area contributed by atoms with Crippen molar-refractivity contribution in [3.8, 4) is 0 Å². The third-order valence-corrected chi connectivity index (χ3v) is 10.9. The molecule has 166 valence electrons. The zero-order valence-corrected chi connectivity index (χ0v) is 20.3. The highest BCUT2D eigenvalue weighted by atomic mass is 31.1. The van der Waals surface area contributed by atoms with Crippen molar-refractivity contribution < 1.29 is 0 Å². The van der Waals surface area contributed by atoms with Crippen molar-refractivity contribution >= 4 is 25.6 Å². The van der Waals surface area contributed by atoms with Gasteiger partial charge in [0.05, 0.1) is 0 Å². The zero-order valence-electron chi connectivity index (χ0n) is 19.4. The minimum Gasteiger partial charge on any atom is -0.327 e. The molecule has 0 saturated carbocycles. The number of nitrogens with two attached hydrogens (primary N) is 1. The number of rotatable bonds is 3. The van der Waals surface area contributed by atoms with E-state index < -0.39 is 0 Å². The molecule has 0 bridgehead atoms. The Morgan fingerprint density at radius 2 is 1.79 bits per heavy atom. The summed E-state index contributed by atoms with van der Waals surface area (Å²) in [5.41, 5.74) is 16.4. The van der Waals surface area contributed by atoms with Gasteiger partial charge in [0.15, 0.2) is 0 Å². The largest absolute Gasteiger partial charge is 0.327 e. The van der Waals surface area contributed by atoms with Crippen LogP contribution in [0.3, 0.4) is 0 Å². The van der Waals surface area contributed by atoms with Gasteiger partial charge in [-0.2, -0.15) is 0 Å². The fourth-order valence-electron chi connectivity index (χ4n) is 6.35. The van der Waals surface area contributed by atoms with Crippen molar-refractivity contribution in [1.29, 1.82) is 0 Å². The number of hydrogen-bond acceptors (Lipinski definition) is 1. The molecule has 6 rings (SSSR count). The molecule has 2 unspecified atom stereocenters. The lowest BCUT2D eigenvalue weighted by Crippen LogP contribution is -2.34. The Morgan fingerprint density at radius 1 is 0.970 bits per heavy atom. The molecule has 0 aromatic heterocycles. The SMILES string of the molecule is C[C@H](N)[C@H](c1ccccc1)P1Cc2ccc3c(c2C2=c4ccccc4=CCC2C1)CCC=C3. The van der Waals surface area contributed by atoms with Gasteiger partial charge < -0.3 is 5.73 Å². The first kappa shape index (κ1) is 21.1. The lowest BCUT2D eigenvalue weighted by atomic mass is 9.79. The molecule has 0 fully saturated rings. The highest BCUT2D eigenvalue weighted by molar-refractivity contribution is 7.57. The lowest BCUT2D eigenvalue weighted by molar-refractivity contribution is 0.700. The Labute approximate surface area is 198 Å². The van der Waals surface area contributed by atoms with Gasteiger partial charge in [0.25, 0.3) is 0 Å². The molecular weight excluding hydrogens is 417 g/mol. The summed E-state index contributed by atoms with van der Waals surface area (Å²) in [5.74, 6) is 0.578. The van der Waals surface area contributed by atoms with Crippen LogP contribution >= 0.6 is 7.92 Å². The summed E-state index contributed by atoms with van der Waals surface area (Å²) in [4.78, 5) is 0. The molecule has 33 heavy (non-hydrogen) atoms. The Hall–Kier alpha value is -2.47. The molecule has 3 aromatic rings. The van der Waals surface area contributed by atoms with Crippen LogP contribution in [0.5, 0.6) is 0 Å². The van der Waals surface area contributed by atoms with Gasteiger partial charge in [0.2, 0.25) is 0 Å². The Balaban J connectivity index is 1.59. The van der Waals surface area contributed by atoms with Gasteiger partial charge in [-0.15, -0.1) is 0 Å². The van der Waals surface area contributed by atoms with Gasteiger partial charge in [-0.3, -0.25) is 0 Å². The van der Waals surface area contributed by atoms with Crippen LogP contribution in [0.4, 0.5) is 0 Å². The van der Waals surface area contributed by atoms with Crippen molar-refractivity contribution in [2.24, 2.45) is 11.7 Å². The number of allylic oxidation sites excluding steroid dienone is 1. The molecule has 0 saturated heterocycles. The van der Waals surface area contributed by atoms with Crippen LogP contribution in [-0.2, 0) is 12.6 Å². The van der Waals surface area contributed by atoms with E-state index in [-0.39, 0.29) is 14.0 Å². The lowest BCUT2D eigenvalue weighted by Gasteiger charge is -2.33. The van der Waals surface area contributed by atoms with Crippen molar-refractivity contribution in [3.63, 3.8) is 0 Å². The third kappa shape index (κ3) is 3.72. The summed E-state index contributed by atoms with van der Waals surface area (Å²) in [6, 6.07) is 25.1. The second-order valence-corrected chi connectivity index (χ2v) is 12.3. The molecule has 3 aromatic carbocycles. The van der Waals surface area contributed by atoms with Crippen LogP contribution in [0, 0.1) is 5.92 Å². The van der Waals surface area contributed by atoms with E-state index >= 15 is 0 Å². The van der Waals surface area contributed by atoms with Gasteiger partial charge in [-0.25, -0.2) is 0 Å². The van der Waals surface area contributed by atoms with Gasteiger partial charge in [0, 0.05) is 11.7 Å². The molecule has 1 aliphatic heterocycles. The molecule has 2 N–H and O–H groups in total. The predicted octanol–water partition coefficient (Wildman–Crippen LogP) is 5.73. The molecule has 0 amide bonds. The summed E-state index contributed by atoms with van der Waals surface area (Å²) < 4.78 is 0. The van der Waals surface area contributed by atoms with Crippen molar-refractivity contribution in [3.05, 3.63) is 111 Å². The smallest absolute Gasteiger partial charge is 0.0194 e. The van der Waals surface area contributed by atoms with E-state index in [4.69, 9.17) is 5.73 Å². The highest BCUT2D eigenvalue weighted by Crippen LogP contribution is 2.60. The summed E-state index contributed by atoms with van der Waals surface area (Å²) in [5, 5.41) is 2.88. The molecule has 4 atom stereocenters. The van der Waals surface area contributed by atoms with Gasteiger partial charge in [0.1, 0.15) is 0 Å². The van der Waals surface area contributed by atoms with Crippen LogP contribution in [-0.4, -0.2) is 12.2 Å². The zero-order chi connectivity index (χ0) is 22.4. The van der Waals surface area contributed by atoms with E-state index in [0.717, 1.165) is 19.3 Å². The standard InChI is InChI=1S/C31H32NP/c1-21(32)31(24-11-3-2-4-12-24)33-19-25-17-15-22-9-5-7-13-27(22)29(25)30-26(20-33)18-16-23-10-6-8-14-28(23)30/h2-7,9-13,15-16,18,21,25,31H,8,14,17,19-20,32H2,1H3/t21-,25?,31+,33?/m0/s1. The van der Waals surface area contributed by atoms with Gasteiger partial charge in [-0.05, 0) is 88.3 Å². The fourth-order valence-corrected chi connectivity index (χ4v) is 9.76. The normalized spacial score (nSPS) is 22.7. The first-order chi connectivity index (χ1) is 16.2. The highest BCUT2D eigenvalue weighted by Gasteiger charge is 2.35. The second-order valence-electron chi connectivity index (χ2n) is 9.89. The number of fused-ring (bicyclic) bond motifs is 6. The molecule has 0 spiro atoms. The predicted molar refractivity (Wildman–Crippen MR) is 143 cm³/mol. The maximum absolute atomic E-state index is 6.72. The molecule has 2 heteroatoms. The molecule has 1 nitrogen and oxygen atoms in total. The molecular formula is C31H32NP. The number of hydrogen-bond donors (Lipinski definition) is 1. The van der Waals surface area contributed by atoms with E-state index in [1.807, 2.05) is 0 Å². The van der Waals surface area contributed by atoms with Crippen LogP contribution in [0.25, 0.3) is 17.7 Å². The van der Waals surface area contributed by atoms with Crippen molar-refractivity contribution in [1.82, 2.24) is 0 Å². The Morgan fingerprint density at radius 3 is 2.64 bits per heavy atom. The minimum absolute atomic E-state index is 0.156. The molecule has 0 radical (unpaired) electrons. The van der Waals surface area contributed by atoms with E-state index in [9.17, 15) is 0 Å². The van der Waals surface area contributed by atoms with Crippen molar-refractivity contribution in [2.45, 2.75) is 44.0 Å². The number of benzene rings is 3. The maximum atomic E-state index is 6.72. The summed E-state index contributed by atoms with van der Waals surface area (Å²) in [7, 11) is -0.294. The average molecular weight is 450 g/mol. The monoisotopic (exact) mass is 449 g/mol. The molecule has 2 aliphatic carbocycles. The van der Waals surface area contributed by atoms with Crippen LogP contribution in [0.2, 0.25) is 0 Å². The van der Waals surface area contributed by atoms with E-state index in [2.05, 4.69) is 91.9 Å². The van der Waals surface area contributed by atoms with Crippen LogP contribution in [0.15, 0.2) is 72.8 Å². The fraction of sp³-hybridized carbons (Fsp3) is 0.290. The second kappa shape index (κ2) is 8.71. The quantitative estimate of drug-likeness (QED) is 0.508. The van der Waals surface area contributed by atoms with E-state index in [1.165, 1.54) is 33.9 Å². The summed E-state index contributed by atoms with van der Waals surface area (Å²) in [6.07, 6.45) is 13.1. The summed E-state index contributed by atoms with van der Waals surface area (Å²) >= 11 is 0.